The summed E-state index contributed by atoms with van der Waals surface area (Å²) >= 11 is 0. The van der Waals surface area contributed by atoms with Crippen LogP contribution in [-0.4, -0.2) is 30.6 Å². The average molecular weight is 232 g/mol. The van der Waals surface area contributed by atoms with Crippen molar-refractivity contribution in [2.45, 2.75) is 38.8 Å². The van der Waals surface area contributed by atoms with Gasteiger partial charge in [0.15, 0.2) is 0 Å². The predicted molar refractivity (Wildman–Crippen MR) is 73.1 cm³/mol. The summed E-state index contributed by atoms with van der Waals surface area (Å²) in [5.74, 6) is 0. The Hall–Kier alpha value is -0.860. The molecule has 2 atom stereocenters. The molecule has 1 heterocycles. The number of piperazine rings is 1. The summed E-state index contributed by atoms with van der Waals surface area (Å²) in [5.41, 5.74) is 1.50. The highest BCUT2D eigenvalue weighted by Gasteiger charge is 2.33. The van der Waals surface area contributed by atoms with E-state index in [-0.39, 0.29) is 5.54 Å². The molecule has 1 fully saturated rings. The normalized spacial score (nSPS) is 27.9. The van der Waals surface area contributed by atoms with Crippen LogP contribution in [0.1, 0.15) is 32.8 Å². The van der Waals surface area contributed by atoms with E-state index in [1.54, 1.807) is 0 Å². The third-order valence-corrected chi connectivity index (χ3v) is 4.06. The van der Waals surface area contributed by atoms with Crippen molar-refractivity contribution in [2.75, 3.05) is 19.6 Å². The van der Waals surface area contributed by atoms with Crippen molar-refractivity contribution in [1.29, 1.82) is 0 Å². The average Bonchev–Trinajstić information content (AvgIpc) is 2.39. The second-order valence-electron chi connectivity index (χ2n) is 5.35. The lowest BCUT2D eigenvalue weighted by molar-refractivity contribution is 0.104. The third kappa shape index (κ3) is 2.70. The molecule has 0 aliphatic carbocycles. The molecule has 2 unspecified atom stereocenters. The van der Waals surface area contributed by atoms with Crippen molar-refractivity contribution >= 4 is 0 Å². The number of hydrogen-bond donors (Lipinski definition) is 1. The predicted octanol–water partition coefficient (Wildman–Crippen LogP) is 2.61. The molecule has 1 aromatic rings. The van der Waals surface area contributed by atoms with Gasteiger partial charge in [-0.3, -0.25) is 4.90 Å². The largest absolute Gasteiger partial charge is 0.305 e. The molecule has 94 valence electrons. The monoisotopic (exact) mass is 232 g/mol. The van der Waals surface area contributed by atoms with E-state index in [4.69, 9.17) is 0 Å². The minimum absolute atomic E-state index is 0.100. The molecule has 0 aromatic heterocycles. The molecule has 0 radical (unpaired) electrons. The van der Waals surface area contributed by atoms with Crippen LogP contribution in [0.3, 0.4) is 0 Å². The second kappa shape index (κ2) is 5.19. The lowest BCUT2D eigenvalue weighted by atomic mass is 9.89. The van der Waals surface area contributed by atoms with Gasteiger partial charge in [0.2, 0.25) is 0 Å². The zero-order valence-corrected chi connectivity index (χ0v) is 11.2. The zero-order chi connectivity index (χ0) is 12.3. The molecule has 0 saturated carbocycles. The smallest absolute Gasteiger partial charge is 0.0535 e. The molecule has 0 amide bonds. The van der Waals surface area contributed by atoms with Gasteiger partial charge in [0, 0.05) is 25.7 Å². The van der Waals surface area contributed by atoms with Crippen LogP contribution in [0, 0.1) is 0 Å². The first kappa shape index (κ1) is 12.6. The SMILES string of the molecule is CCC(C)N1CCNC(C)(c2ccccc2)C1. The second-order valence-corrected chi connectivity index (χ2v) is 5.35. The zero-order valence-electron chi connectivity index (χ0n) is 11.2. The lowest BCUT2D eigenvalue weighted by Gasteiger charge is -2.44. The Balaban J connectivity index is 2.15. The van der Waals surface area contributed by atoms with Crippen LogP contribution in [0.15, 0.2) is 30.3 Å². The van der Waals surface area contributed by atoms with Crippen LogP contribution >= 0.6 is 0 Å². The summed E-state index contributed by atoms with van der Waals surface area (Å²) in [7, 11) is 0. The Bertz CT molecular complexity index is 349. The van der Waals surface area contributed by atoms with E-state index in [9.17, 15) is 0 Å². The first-order valence-electron chi connectivity index (χ1n) is 6.70. The fraction of sp³-hybridized carbons (Fsp3) is 0.600. The van der Waals surface area contributed by atoms with E-state index in [2.05, 4.69) is 61.3 Å². The lowest BCUT2D eigenvalue weighted by Crippen LogP contribution is -2.58. The fourth-order valence-electron chi connectivity index (χ4n) is 2.65. The van der Waals surface area contributed by atoms with Crippen molar-refractivity contribution in [1.82, 2.24) is 10.2 Å². The van der Waals surface area contributed by atoms with E-state index >= 15 is 0 Å². The molecule has 2 heteroatoms. The van der Waals surface area contributed by atoms with Crippen LogP contribution in [0.4, 0.5) is 0 Å². The molecule has 2 nitrogen and oxygen atoms in total. The molecule has 1 N–H and O–H groups in total. The van der Waals surface area contributed by atoms with Crippen LogP contribution in [0.5, 0.6) is 0 Å². The Labute approximate surface area is 105 Å². The van der Waals surface area contributed by atoms with Crippen molar-refractivity contribution < 1.29 is 0 Å². The standard InChI is InChI=1S/C15H24N2/c1-4-13(2)17-11-10-16-15(3,12-17)14-8-6-5-7-9-14/h5-9,13,16H,4,10-12H2,1-3H3. The molecule has 0 bridgehead atoms. The summed E-state index contributed by atoms with van der Waals surface area (Å²) in [5, 5.41) is 3.68. The van der Waals surface area contributed by atoms with Crippen LogP contribution in [0.2, 0.25) is 0 Å². The van der Waals surface area contributed by atoms with E-state index < -0.39 is 0 Å². The van der Waals surface area contributed by atoms with Crippen molar-refractivity contribution in [3.05, 3.63) is 35.9 Å². The first-order chi connectivity index (χ1) is 8.15. The van der Waals surface area contributed by atoms with Gasteiger partial charge in [0.05, 0.1) is 5.54 Å². The van der Waals surface area contributed by atoms with Gasteiger partial charge in [0.25, 0.3) is 0 Å². The molecule has 0 spiro atoms. The van der Waals surface area contributed by atoms with E-state index in [1.165, 1.54) is 12.0 Å². The van der Waals surface area contributed by atoms with Gasteiger partial charge in [0.1, 0.15) is 0 Å². The number of hydrogen-bond acceptors (Lipinski definition) is 2. The summed E-state index contributed by atoms with van der Waals surface area (Å²) < 4.78 is 0. The van der Waals surface area contributed by atoms with Crippen molar-refractivity contribution in [2.24, 2.45) is 0 Å². The summed E-state index contributed by atoms with van der Waals surface area (Å²) in [6.45, 7) is 10.3. The van der Waals surface area contributed by atoms with Gasteiger partial charge in [-0.1, -0.05) is 37.3 Å². The van der Waals surface area contributed by atoms with Crippen molar-refractivity contribution in [3.8, 4) is 0 Å². The van der Waals surface area contributed by atoms with Crippen LogP contribution in [0.25, 0.3) is 0 Å². The summed E-state index contributed by atoms with van der Waals surface area (Å²) in [4.78, 5) is 2.60. The Kier molecular flexibility index (Phi) is 3.85. The molecule has 2 rings (SSSR count). The minimum Gasteiger partial charge on any atom is -0.305 e. The van der Waals surface area contributed by atoms with E-state index in [0.717, 1.165) is 19.6 Å². The van der Waals surface area contributed by atoms with Crippen LogP contribution in [-0.2, 0) is 5.54 Å². The molecular weight excluding hydrogens is 208 g/mol. The topological polar surface area (TPSA) is 15.3 Å². The van der Waals surface area contributed by atoms with E-state index in [1.807, 2.05) is 0 Å². The maximum absolute atomic E-state index is 3.68. The first-order valence-corrected chi connectivity index (χ1v) is 6.70. The highest BCUT2D eigenvalue weighted by atomic mass is 15.2. The number of nitrogens with one attached hydrogen (secondary N) is 1. The Morgan fingerprint density at radius 1 is 1.35 bits per heavy atom. The van der Waals surface area contributed by atoms with E-state index in [0.29, 0.717) is 6.04 Å². The molecule has 1 saturated heterocycles. The fourth-order valence-corrected chi connectivity index (χ4v) is 2.65. The van der Waals surface area contributed by atoms with Gasteiger partial charge >= 0.3 is 0 Å². The van der Waals surface area contributed by atoms with Gasteiger partial charge in [-0.15, -0.1) is 0 Å². The van der Waals surface area contributed by atoms with Gasteiger partial charge < -0.3 is 5.32 Å². The molecule has 1 aliphatic rings. The molecule has 1 aromatic carbocycles. The maximum Gasteiger partial charge on any atom is 0.0535 e. The molecule has 17 heavy (non-hydrogen) atoms. The molecule has 1 aliphatic heterocycles. The van der Waals surface area contributed by atoms with Gasteiger partial charge in [-0.2, -0.15) is 0 Å². The van der Waals surface area contributed by atoms with Crippen molar-refractivity contribution in [3.63, 3.8) is 0 Å². The number of benzene rings is 1. The summed E-state index contributed by atoms with van der Waals surface area (Å²) in [6, 6.07) is 11.5. The Morgan fingerprint density at radius 2 is 2.06 bits per heavy atom. The highest BCUT2D eigenvalue weighted by molar-refractivity contribution is 5.24. The minimum atomic E-state index is 0.100. The highest BCUT2D eigenvalue weighted by Crippen LogP contribution is 2.25. The van der Waals surface area contributed by atoms with Gasteiger partial charge in [-0.05, 0) is 25.8 Å². The maximum atomic E-state index is 3.68. The number of nitrogens with zero attached hydrogens (tertiary/aromatic N) is 1. The number of rotatable bonds is 3. The third-order valence-electron chi connectivity index (χ3n) is 4.06. The molecular formula is C15H24N2. The Morgan fingerprint density at radius 3 is 2.71 bits per heavy atom. The van der Waals surface area contributed by atoms with Crippen LogP contribution < -0.4 is 5.32 Å². The van der Waals surface area contributed by atoms with Gasteiger partial charge in [-0.25, -0.2) is 0 Å². The summed E-state index contributed by atoms with van der Waals surface area (Å²) in [6.07, 6.45) is 1.23. The quantitative estimate of drug-likeness (QED) is 0.862.